The summed E-state index contributed by atoms with van der Waals surface area (Å²) in [4.78, 5) is 14.9. The van der Waals surface area contributed by atoms with Crippen molar-refractivity contribution in [3.63, 3.8) is 0 Å². The Kier molecular flexibility index (Phi) is 3.19. The molecule has 3 nitrogen and oxygen atoms in total. The van der Waals surface area contributed by atoms with Crippen LogP contribution in [-0.2, 0) is 6.42 Å². The van der Waals surface area contributed by atoms with Crippen LogP contribution in [0.15, 0.2) is 4.42 Å². The van der Waals surface area contributed by atoms with Crippen LogP contribution in [0.25, 0.3) is 0 Å². The Morgan fingerprint density at radius 3 is 2.73 bits per heavy atom. The molecule has 0 radical (unpaired) electrons. The van der Waals surface area contributed by atoms with Gasteiger partial charge < -0.3 is 4.42 Å². The molecule has 0 amide bonds. The summed E-state index contributed by atoms with van der Waals surface area (Å²) in [5, 5.41) is 0. The van der Waals surface area contributed by atoms with Gasteiger partial charge in [-0.25, -0.2) is 4.98 Å². The highest BCUT2D eigenvalue weighted by atomic mass is 16.4. The number of hydrogen-bond acceptors (Lipinski definition) is 3. The maximum absolute atomic E-state index is 10.6. The van der Waals surface area contributed by atoms with E-state index in [4.69, 9.17) is 4.42 Å². The largest absolute Gasteiger partial charge is 0.439 e. The van der Waals surface area contributed by atoms with Crippen LogP contribution in [0, 0.1) is 0 Å². The second kappa shape index (κ2) is 4.60. The fourth-order valence-electron chi connectivity index (χ4n) is 2.38. The Morgan fingerprint density at radius 1 is 1.40 bits per heavy atom. The number of carbonyl (C=O) groups is 1. The molecule has 0 atom stereocenters. The Hall–Kier alpha value is -1.12. The van der Waals surface area contributed by atoms with Crippen molar-refractivity contribution in [2.75, 3.05) is 0 Å². The SMILES string of the molecule is CCc1oc(C=O)nc1C1CCCCC1. The lowest BCUT2D eigenvalue weighted by Gasteiger charge is -2.19. The summed E-state index contributed by atoms with van der Waals surface area (Å²) in [6.07, 6.45) is 7.79. The molecule has 0 saturated heterocycles. The average Bonchev–Trinajstić information content (AvgIpc) is 2.73. The number of aryl methyl sites for hydroxylation is 1. The minimum absolute atomic E-state index is 0.243. The summed E-state index contributed by atoms with van der Waals surface area (Å²) in [6, 6.07) is 0. The predicted octanol–water partition coefficient (Wildman–Crippen LogP) is 3.10. The van der Waals surface area contributed by atoms with Crippen LogP contribution < -0.4 is 0 Å². The molecule has 1 heterocycles. The van der Waals surface area contributed by atoms with Crippen LogP contribution in [0.1, 0.15) is 67.1 Å². The lowest BCUT2D eigenvalue weighted by Crippen LogP contribution is -2.07. The van der Waals surface area contributed by atoms with Crippen LogP contribution >= 0.6 is 0 Å². The summed E-state index contributed by atoms with van der Waals surface area (Å²) in [7, 11) is 0. The Bertz CT molecular complexity index is 337. The van der Waals surface area contributed by atoms with Gasteiger partial charge in [-0.2, -0.15) is 0 Å². The highest BCUT2D eigenvalue weighted by molar-refractivity contribution is 5.67. The van der Waals surface area contributed by atoms with Crippen molar-refractivity contribution in [2.24, 2.45) is 0 Å². The molecule has 0 aromatic carbocycles. The number of aromatic nitrogens is 1. The van der Waals surface area contributed by atoms with Gasteiger partial charge in [0.05, 0.1) is 5.69 Å². The van der Waals surface area contributed by atoms with Crippen molar-refractivity contribution in [1.82, 2.24) is 4.98 Å². The van der Waals surface area contributed by atoms with E-state index >= 15 is 0 Å². The molecular weight excluding hydrogens is 190 g/mol. The van der Waals surface area contributed by atoms with Crippen molar-refractivity contribution in [1.29, 1.82) is 0 Å². The van der Waals surface area contributed by atoms with E-state index in [9.17, 15) is 4.79 Å². The van der Waals surface area contributed by atoms with Gasteiger partial charge in [0.25, 0.3) is 5.89 Å². The third-order valence-electron chi connectivity index (χ3n) is 3.16. The van der Waals surface area contributed by atoms with Crippen LogP contribution in [0.3, 0.4) is 0 Å². The van der Waals surface area contributed by atoms with E-state index in [1.165, 1.54) is 32.1 Å². The van der Waals surface area contributed by atoms with Crippen molar-refractivity contribution < 1.29 is 9.21 Å². The zero-order chi connectivity index (χ0) is 10.7. The van der Waals surface area contributed by atoms with Gasteiger partial charge in [0.15, 0.2) is 0 Å². The first-order valence-corrected chi connectivity index (χ1v) is 5.80. The summed E-state index contributed by atoms with van der Waals surface area (Å²) < 4.78 is 5.39. The number of nitrogens with zero attached hydrogens (tertiary/aromatic N) is 1. The second-order valence-electron chi connectivity index (χ2n) is 4.17. The van der Waals surface area contributed by atoms with Gasteiger partial charge in [-0.05, 0) is 12.8 Å². The quantitative estimate of drug-likeness (QED) is 0.715. The molecule has 0 unspecified atom stereocenters. The number of hydrogen-bond donors (Lipinski definition) is 0. The van der Waals surface area contributed by atoms with Gasteiger partial charge in [0.1, 0.15) is 5.76 Å². The van der Waals surface area contributed by atoms with Crippen LogP contribution in [0.2, 0.25) is 0 Å². The Morgan fingerprint density at radius 2 is 2.13 bits per heavy atom. The van der Waals surface area contributed by atoms with E-state index in [0.29, 0.717) is 12.2 Å². The molecule has 1 saturated carbocycles. The first kappa shape index (κ1) is 10.4. The predicted molar refractivity (Wildman–Crippen MR) is 57.1 cm³/mol. The van der Waals surface area contributed by atoms with E-state index in [-0.39, 0.29) is 5.89 Å². The minimum Gasteiger partial charge on any atom is -0.439 e. The zero-order valence-electron chi connectivity index (χ0n) is 9.16. The number of rotatable bonds is 3. The highest BCUT2D eigenvalue weighted by Gasteiger charge is 2.22. The molecule has 1 fully saturated rings. The fraction of sp³-hybridized carbons (Fsp3) is 0.667. The van der Waals surface area contributed by atoms with E-state index in [1.807, 2.05) is 6.92 Å². The molecule has 1 aliphatic rings. The monoisotopic (exact) mass is 207 g/mol. The van der Waals surface area contributed by atoms with E-state index in [0.717, 1.165) is 17.9 Å². The van der Waals surface area contributed by atoms with Crippen molar-refractivity contribution in [3.8, 4) is 0 Å². The lowest BCUT2D eigenvalue weighted by atomic mass is 9.86. The normalized spacial score (nSPS) is 17.9. The van der Waals surface area contributed by atoms with E-state index < -0.39 is 0 Å². The molecule has 1 aromatic heterocycles. The Labute approximate surface area is 89.9 Å². The standard InChI is InChI=1S/C12H17NO2/c1-2-10-12(13-11(8-14)15-10)9-6-4-3-5-7-9/h8-9H,2-7H2,1H3. The molecule has 2 rings (SSSR count). The van der Waals surface area contributed by atoms with Crippen LogP contribution in [0.4, 0.5) is 0 Å². The molecule has 0 aliphatic heterocycles. The van der Waals surface area contributed by atoms with Crippen molar-refractivity contribution >= 4 is 6.29 Å². The summed E-state index contributed by atoms with van der Waals surface area (Å²) in [6.45, 7) is 2.04. The number of aldehydes is 1. The molecular formula is C12H17NO2. The van der Waals surface area contributed by atoms with E-state index in [1.54, 1.807) is 0 Å². The first-order chi connectivity index (χ1) is 7.35. The number of oxazole rings is 1. The van der Waals surface area contributed by atoms with Gasteiger partial charge in [0, 0.05) is 12.3 Å². The fourth-order valence-corrected chi connectivity index (χ4v) is 2.38. The first-order valence-electron chi connectivity index (χ1n) is 5.80. The summed E-state index contributed by atoms with van der Waals surface area (Å²) in [5.41, 5.74) is 1.04. The topological polar surface area (TPSA) is 43.1 Å². The highest BCUT2D eigenvalue weighted by Crippen LogP contribution is 2.34. The van der Waals surface area contributed by atoms with Crippen LogP contribution in [-0.4, -0.2) is 11.3 Å². The Balaban J connectivity index is 2.24. The van der Waals surface area contributed by atoms with Gasteiger partial charge in [0.2, 0.25) is 6.29 Å². The molecule has 1 aliphatic carbocycles. The molecule has 1 aromatic rings. The summed E-state index contributed by atoms with van der Waals surface area (Å²) >= 11 is 0. The molecule has 0 spiro atoms. The van der Waals surface area contributed by atoms with Crippen molar-refractivity contribution in [3.05, 3.63) is 17.3 Å². The molecule has 82 valence electrons. The lowest BCUT2D eigenvalue weighted by molar-refractivity contribution is 0.109. The van der Waals surface area contributed by atoms with Gasteiger partial charge >= 0.3 is 0 Å². The average molecular weight is 207 g/mol. The second-order valence-corrected chi connectivity index (χ2v) is 4.17. The smallest absolute Gasteiger partial charge is 0.260 e. The maximum Gasteiger partial charge on any atom is 0.260 e. The van der Waals surface area contributed by atoms with E-state index in [2.05, 4.69) is 4.98 Å². The van der Waals surface area contributed by atoms with Crippen LogP contribution in [0.5, 0.6) is 0 Å². The third kappa shape index (κ3) is 2.11. The maximum atomic E-state index is 10.6. The zero-order valence-corrected chi connectivity index (χ0v) is 9.16. The molecule has 3 heteroatoms. The van der Waals surface area contributed by atoms with Gasteiger partial charge in [-0.3, -0.25) is 4.79 Å². The number of carbonyl (C=O) groups excluding carboxylic acids is 1. The molecule has 0 bridgehead atoms. The molecule has 0 N–H and O–H groups in total. The van der Waals surface area contributed by atoms with Gasteiger partial charge in [-0.1, -0.05) is 26.2 Å². The molecule has 15 heavy (non-hydrogen) atoms. The summed E-state index contributed by atoms with van der Waals surface area (Å²) in [5.74, 6) is 1.67. The minimum atomic E-state index is 0.243. The van der Waals surface area contributed by atoms with Gasteiger partial charge in [-0.15, -0.1) is 0 Å². The van der Waals surface area contributed by atoms with Crippen molar-refractivity contribution in [2.45, 2.75) is 51.4 Å². The third-order valence-corrected chi connectivity index (χ3v) is 3.16.